The van der Waals surface area contributed by atoms with Gasteiger partial charge in [-0.1, -0.05) is 97.1 Å². The Bertz CT molecular complexity index is 1580. The number of rotatable bonds is 7. The SMILES string of the molecule is N#Cc1ccccc1Cn1cc(/C=N\NC(=O)C(O)(c2ccccc2)c2ccccc2)c2ccccc21. The van der Waals surface area contributed by atoms with E-state index in [1.54, 1.807) is 60.8 Å². The first kappa shape index (κ1) is 23.7. The lowest BCUT2D eigenvalue weighted by atomic mass is 9.85. The standard InChI is InChI=1S/C31H24N4O2/c32-19-23-11-7-8-12-24(23)21-35-22-25(28-17-9-10-18-29(28)35)20-33-34-30(36)31(37,26-13-3-1-4-14-26)27-15-5-2-6-16-27/h1-18,20,22,37H,21H2,(H,34,36)/b33-20-. The zero-order valence-electron chi connectivity index (χ0n) is 20.0. The average molecular weight is 485 g/mol. The summed E-state index contributed by atoms with van der Waals surface area (Å²) in [6, 6.07) is 35.3. The molecule has 37 heavy (non-hydrogen) atoms. The summed E-state index contributed by atoms with van der Waals surface area (Å²) in [7, 11) is 0. The minimum Gasteiger partial charge on any atom is -0.372 e. The van der Waals surface area contributed by atoms with Gasteiger partial charge in [-0.05, 0) is 28.8 Å². The van der Waals surface area contributed by atoms with E-state index < -0.39 is 11.5 Å². The molecule has 5 rings (SSSR count). The Morgan fingerprint density at radius 1 is 0.892 bits per heavy atom. The molecule has 4 aromatic carbocycles. The Morgan fingerprint density at radius 2 is 1.49 bits per heavy atom. The second-order valence-corrected chi connectivity index (χ2v) is 8.64. The van der Waals surface area contributed by atoms with Crippen molar-refractivity contribution >= 4 is 23.0 Å². The van der Waals surface area contributed by atoms with Gasteiger partial charge in [0.2, 0.25) is 0 Å². The zero-order valence-corrected chi connectivity index (χ0v) is 20.0. The number of carbonyl (C=O) groups excluding carboxylic acids is 1. The van der Waals surface area contributed by atoms with Crippen molar-refractivity contribution in [3.05, 3.63) is 143 Å². The van der Waals surface area contributed by atoms with Crippen LogP contribution in [0.1, 0.15) is 27.8 Å². The van der Waals surface area contributed by atoms with E-state index in [9.17, 15) is 15.2 Å². The Balaban J connectivity index is 1.44. The number of aromatic nitrogens is 1. The number of nitrogens with one attached hydrogen (secondary N) is 1. The predicted octanol–water partition coefficient (Wildman–Crippen LogP) is 4.95. The molecule has 5 aromatic rings. The maximum atomic E-state index is 13.3. The van der Waals surface area contributed by atoms with Crippen LogP contribution in [0.3, 0.4) is 0 Å². The molecular formula is C31H24N4O2. The van der Waals surface area contributed by atoms with E-state index in [1.165, 1.54) is 0 Å². The van der Waals surface area contributed by atoms with Gasteiger partial charge in [0.1, 0.15) is 0 Å². The smallest absolute Gasteiger partial charge is 0.281 e. The van der Waals surface area contributed by atoms with Crippen molar-refractivity contribution in [1.82, 2.24) is 9.99 Å². The summed E-state index contributed by atoms with van der Waals surface area (Å²) in [5.41, 5.74) is 4.85. The lowest BCUT2D eigenvalue weighted by Gasteiger charge is -2.27. The van der Waals surface area contributed by atoms with Crippen LogP contribution in [-0.2, 0) is 16.9 Å². The van der Waals surface area contributed by atoms with E-state index in [4.69, 9.17) is 0 Å². The molecule has 0 fully saturated rings. The molecular weight excluding hydrogens is 460 g/mol. The molecule has 0 bridgehead atoms. The quantitative estimate of drug-likeness (QED) is 0.253. The third-order valence-corrected chi connectivity index (χ3v) is 6.38. The molecule has 6 heteroatoms. The van der Waals surface area contributed by atoms with Crippen LogP contribution >= 0.6 is 0 Å². The van der Waals surface area contributed by atoms with Gasteiger partial charge < -0.3 is 9.67 Å². The first-order valence-corrected chi connectivity index (χ1v) is 11.8. The maximum Gasteiger partial charge on any atom is 0.281 e. The molecule has 0 spiro atoms. The Labute approximate surface area is 214 Å². The molecule has 1 heterocycles. The topological polar surface area (TPSA) is 90.4 Å². The Hall–Kier alpha value is -4.99. The number of amides is 1. The fourth-order valence-electron chi connectivity index (χ4n) is 4.49. The van der Waals surface area contributed by atoms with E-state index in [0.29, 0.717) is 23.2 Å². The summed E-state index contributed by atoms with van der Waals surface area (Å²) in [6.07, 6.45) is 3.51. The van der Waals surface area contributed by atoms with Crippen LogP contribution in [0.2, 0.25) is 0 Å². The molecule has 6 nitrogen and oxygen atoms in total. The molecule has 0 saturated heterocycles. The lowest BCUT2D eigenvalue weighted by Crippen LogP contribution is -2.43. The minimum absolute atomic E-state index is 0.446. The van der Waals surface area contributed by atoms with Crippen molar-refractivity contribution in [2.45, 2.75) is 12.1 Å². The molecule has 0 aliphatic carbocycles. The number of fused-ring (bicyclic) bond motifs is 1. The monoisotopic (exact) mass is 484 g/mol. The third kappa shape index (κ3) is 4.64. The highest BCUT2D eigenvalue weighted by molar-refractivity contribution is 6.00. The average Bonchev–Trinajstić information content (AvgIpc) is 3.31. The van der Waals surface area contributed by atoms with Crippen LogP contribution in [0.5, 0.6) is 0 Å². The number of hydrogen-bond acceptors (Lipinski definition) is 4. The molecule has 1 aromatic heterocycles. The number of aliphatic hydroxyl groups is 1. The summed E-state index contributed by atoms with van der Waals surface area (Å²) in [4.78, 5) is 13.3. The van der Waals surface area contributed by atoms with Crippen LogP contribution in [0.15, 0.2) is 120 Å². The number of carbonyl (C=O) groups is 1. The molecule has 0 saturated carbocycles. The largest absolute Gasteiger partial charge is 0.372 e. The number of hydrazone groups is 1. The first-order valence-electron chi connectivity index (χ1n) is 11.8. The van der Waals surface area contributed by atoms with Crippen LogP contribution in [0, 0.1) is 11.3 Å². The van der Waals surface area contributed by atoms with Crippen molar-refractivity contribution in [2.24, 2.45) is 5.10 Å². The number of benzene rings is 4. The number of hydrogen-bond donors (Lipinski definition) is 2. The summed E-state index contributed by atoms with van der Waals surface area (Å²) in [5, 5.41) is 26.2. The van der Waals surface area contributed by atoms with E-state index in [-0.39, 0.29) is 0 Å². The van der Waals surface area contributed by atoms with E-state index >= 15 is 0 Å². The fraction of sp³-hybridized carbons (Fsp3) is 0.0645. The van der Waals surface area contributed by atoms with Gasteiger partial charge >= 0.3 is 0 Å². The highest BCUT2D eigenvalue weighted by Gasteiger charge is 2.39. The Kier molecular flexibility index (Phi) is 6.62. The highest BCUT2D eigenvalue weighted by Crippen LogP contribution is 2.30. The number of para-hydroxylation sites is 1. The van der Waals surface area contributed by atoms with Crippen LogP contribution < -0.4 is 5.43 Å². The van der Waals surface area contributed by atoms with Gasteiger partial charge in [0.05, 0.1) is 17.8 Å². The predicted molar refractivity (Wildman–Crippen MR) is 144 cm³/mol. The number of nitrogens with zero attached hydrogens (tertiary/aromatic N) is 3. The fourth-order valence-corrected chi connectivity index (χ4v) is 4.49. The third-order valence-electron chi connectivity index (χ3n) is 6.38. The number of nitriles is 1. The summed E-state index contributed by atoms with van der Waals surface area (Å²) >= 11 is 0. The summed E-state index contributed by atoms with van der Waals surface area (Å²) < 4.78 is 2.05. The summed E-state index contributed by atoms with van der Waals surface area (Å²) in [6.45, 7) is 0.520. The van der Waals surface area contributed by atoms with Gasteiger partial charge in [-0.15, -0.1) is 0 Å². The van der Waals surface area contributed by atoms with Crippen molar-refractivity contribution in [1.29, 1.82) is 5.26 Å². The van der Waals surface area contributed by atoms with E-state index in [2.05, 4.69) is 21.2 Å². The Morgan fingerprint density at radius 3 is 2.16 bits per heavy atom. The van der Waals surface area contributed by atoms with Gasteiger partial charge in [-0.3, -0.25) is 4.79 Å². The molecule has 0 aliphatic rings. The maximum absolute atomic E-state index is 13.3. The van der Waals surface area contributed by atoms with Gasteiger partial charge in [-0.25, -0.2) is 5.43 Å². The van der Waals surface area contributed by atoms with Gasteiger partial charge in [-0.2, -0.15) is 10.4 Å². The van der Waals surface area contributed by atoms with Gasteiger partial charge in [0, 0.05) is 29.2 Å². The second kappa shape index (κ2) is 10.3. The van der Waals surface area contributed by atoms with Crippen molar-refractivity contribution in [2.75, 3.05) is 0 Å². The van der Waals surface area contributed by atoms with Crippen LogP contribution in [-0.4, -0.2) is 21.8 Å². The van der Waals surface area contributed by atoms with Gasteiger partial charge in [0.25, 0.3) is 5.91 Å². The second-order valence-electron chi connectivity index (χ2n) is 8.64. The normalized spacial score (nSPS) is 11.5. The molecule has 0 atom stereocenters. The van der Waals surface area contributed by atoms with E-state index in [1.807, 2.05) is 60.8 Å². The van der Waals surface area contributed by atoms with Crippen molar-refractivity contribution in [3.8, 4) is 6.07 Å². The van der Waals surface area contributed by atoms with Crippen LogP contribution in [0.25, 0.3) is 10.9 Å². The highest BCUT2D eigenvalue weighted by atomic mass is 16.3. The lowest BCUT2D eigenvalue weighted by molar-refractivity contribution is -0.136. The summed E-state index contributed by atoms with van der Waals surface area (Å²) in [5.74, 6) is -0.659. The molecule has 0 unspecified atom stereocenters. The zero-order chi connectivity index (χ0) is 25.7. The molecule has 0 radical (unpaired) electrons. The molecule has 1 amide bonds. The van der Waals surface area contributed by atoms with Crippen LogP contribution in [0.4, 0.5) is 0 Å². The van der Waals surface area contributed by atoms with E-state index in [0.717, 1.165) is 22.0 Å². The molecule has 2 N–H and O–H groups in total. The van der Waals surface area contributed by atoms with Crippen molar-refractivity contribution < 1.29 is 9.90 Å². The first-order chi connectivity index (χ1) is 18.1. The van der Waals surface area contributed by atoms with Crippen molar-refractivity contribution in [3.63, 3.8) is 0 Å². The molecule has 0 aliphatic heterocycles. The van der Waals surface area contributed by atoms with Gasteiger partial charge in [0.15, 0.2) is 5.60 Å². The molecule has 180 valence electrons. The minimum atomic E-state index is -1.91.